The van der Waals surface area contributed by atoms with E-state index in [-0.39, 0.29) is 11.2 Å². The van der Waals surface area contributed by atoms with Crippen LogP contribution >= 0.6 is 0 Å². The molecule has 26 heavy (non-hydrogen) atoms. The number of nitrogens with zero attached hydrogens (tertiary/aromatic N) is 4. The van der Waals surface area contributed by atoms with Crippen molar-refractivity contribution in [3.8, 4) is 17.3 Å². The van der Waals surface area contributed by atoms with Gasteiger partial charge in [-0.1, -0.05) is 12.1 Å². The van der Waals surface area contributed by atoms with Crippen molar-refractivity contribution in [3.05, 3.63) is 71.8 Å². The molecule has 0 amide bonds. The highest BCUT2D eigenvalue weighted by atomic mass is 19.1. The lowest BCUT2D eigenvalue weighted by Crippen LogP contribution is -2.20. The van der Waals surface area contributed by atoms with Crippen LogP contribution in [-0.2, 0) is 5.41 Å². The molecule has 0 radical (unpaired) electrons. The Balaban J connectivity index is 1.45. The van der Waals surface area contributed by atoms with Gasteiger partial charge in [-0.05, 0) is 48.7 Å². The first-order valence-corrected chi connectivity index (χ1v) is 8.38. The van der Waals surface area contributed by atoms with Crippen LogP contribution in [0.2, 0.25) is 0 Å². The monoisotopic (exact) mass is 345 g/mol. The summed E-state index contributed by atoms with van der Waals surface area (Å²) in [7, 11) is 0. The number of pyridine rings is 1. The Bertz CT molecular complexity index is 957. The summed E-state index contributed by atoms with van der Waals surface area (Å²) in [5.74, 6) is 0.473. The van der Waals surface area contributed by atoms with Gasteiger partial charge in [0.1, 0.15) is 17.7 Å². The SMILES string of the molecule is N#Cc1cncc(-c2ccc(NCC3(c4ccc(F)cc4)CC3)nn2)c1. The molecule has 4 rings (SSSR count). The predicted molar refractivity (Wildman–Crippen MR) is 95.8 cm³/mol. The largest absolute Gasteiger partial charge is 0.368 e. The highest BCUT2D eigenvalue weighted by molar-refractivity contribution is 5.60. The number of nitrogens with one attached hydrogen (secondary N) is 1. The number of nitriles is 1. The first-order chi connectivity index (χ1) is 12.7. The minimum Gasteiger partial charge on any atom is -0.368 e. The van der Waals surface area contributed by atoms with Crippen LogP contribution in [0.15, 0.2) is 54.9 Å². The smallest absolute Gasteiger partial charge is 0.148 e. The highest BCUT2D eigenvalue weighted by Gasteiger charge is 2.44. The van der Waals surface area contributed by atoms with Gasteiger partial charge in [-0.25, -0.2) is 4.39 Å². The van der Waals surface area contributed by atoms with Crippen LogP contribution in [0.1, 0.15) is 24.0 Å². The number of rotatable bonds is 5. The summed E-state index contributed by atoms with van der Waals surface area (Å²) in [6.45, 7) is 0.734. The van der Waals surface area contributed by atoms with E-state index in [0.29, 0.717) is 17.1 Å². The number of aromatic nitrogens is 3. The van der Waals surface area contributed by atoms with Gasteiger partial charge in [0, 0.05) is 29.9 Å². The van der Waals surface area contributed by atoms with E-state index in [1.54, 1.807) is 12.3 Å². The fourth-order valence-electron chi connectivity index (χ4n) is 3.00. The van der Waals surface area contributed by atoms with Gasteiger partial charge in [-0.3, -0.25) is 4.98 Å². The van der Waals surface area contributed by atoms with Gasteiger partial charge in [0.2, 0.25) is 0 Å². The Hall–Kier alpha value is -3.33. The topological polar surface area (TPSA) is 74.5 Å². The Labute approximate surface area is 150 Å². The van der Waals surface area contributed by atoms with Crippen molar-refractivity contribution in [2.45, 2.75) is 18.3 Å². The lowest BCUT2D eigenvalue weighted by molar-refractivity contribution is 0.624. The van der Waals surface area contributed by atoms with Gasteiger partial charge in [0.15, 0.2) is 0 Å². The summed E-state index contributed by atoms with van der Waals surface area (Å²) in [5, 5.41) is 20.7. The third-order valence-corrected chi connectivity index (χ3v) is 4.75. The lowest BCUT2D eigenvalue weighted by atomic mass is 9.96. The van der Waals surface area contributed by atoms with Crippen molar-refractivity contribution in [3.63, 3.8) is 0 Å². The summed E-state index contributed by atoms with van der Waals surface area (Å²) in [6, 6.07) is 14.2. The van der Waals surface area contributed by atoms with Crippen LogP contribution in [-0.4, -0.2) is 21.7 Å². The second kappa shape index (κ2) is 6.52. The minimum atomic E-state index is -0.214. The van der Waals surface area contributed by atoms with E-state index in [2.05, 4.69) is 26.6 Å². The number of benzene rings is 1. The van der Waals surface area contributed by atoms with Crippen molar-refractivity contribution in [1.82, 2.24) is 15.2 Å². The second-order valence-corrected chi connectivity index (χ2v) is 6.52. The van der Waals surface area contributed by atoms with E-state index in [0.717, 1.165) is 30.5 Å². The van der Waals surface area contributed by atoms with Crippen molar-refractivity contribution in [2.24, 2.45) is 0 Å². The van der Waals surface area contributed by atoms with Crippen LogP contribution in [0.25, 0.3) is 11.3 Å². The predicted octanol–water partition coefficient (Wildman–Crippen LogP) is 3.69. The highest BCUT2D eigenvalue weighted by Crippen LogP contribution is 2.48. The van der Waals surface area contributed by atoms with Gasteiger partial charge in [0.25, 0.3) is 0 Å². The summed E-state index contributed by atoms with van der Waals surface area (Å²) in [6.07, 6.45) is 5.32. The molecule has 1 fully saturated rings. The molecule has 0 saturated heterocycles. The average molecular weight is 345 g/mol. The molecule has 1 aliphatic rings. The van der Waals surface area contributed by atoms with Gasteiger partial charge < -0.3 is 5.32 Å². The number of halogens is 1. The van der Waals surface area contributed by atoms with Gasteiger partial charge in [-0.15, -0.1) is 10.2 Å². The van der Waals surface area contributed by atoms with E-state index in [4.69, 9.17) is 5.26 Å². The van der Waals surface area contributed by atoms with E-state index in [9.17, 15) is 4.39 Å². The second-order valence-electron chi connectivity index (χ2n) is 6.52. The zero-order valence-corrected chi connectivity index (χ0v) is 14.0. The summed E-state index contributed by atoms with van der Waals surface area (Å²) >= 11 is 0. The zero-order valence-electron chi connectivity index (χ0n) is 14.0. The zero-order chi connectivity index (χ0) is 18.0. The maximum absolute atomic E-state index is 13.1. The summed E-state index contributed by atoms with van der Waals surface area (Å²) < 4.78 is 13.1. The molecule has 2 heterocycles. The third-order valence-electron chi connectivity index (χ3n) is 4.75. The molecule has 1 aliphatic carbocycles. The van der Waals surface area contributed by atoms with Crippen molar-refractivity contribution in [2.75, 3.05) is 11.9 Å². The standard InChI is InChI=1S/C20H16FN5/c21-17-3-1-16(2-4-17)20(7-8-20)13-24-19-6-5-18(25-26-19)15-9-14(10-22)11-23-12-15/h1-6,9,11-12H,7-8,13H2,(H,24,26). The molecule has 0 atom stereocenters. The molecule has 0 unspecified atom stereocenters. The molecule has 1 saturated carbocycles. The Kier molecular flexibility index (Phi) is 4.05. The Morgan fingerprint density at radius 2 is 1.88 bits per heavy atom. The maximum atomic E-state index is 13.1. The fraction of sp³-hybridized carbons (Fsp3) is 0.200. The lowest BCUT2D eigenvalue weighted by Gasteiger charge is -2.17. The Morgan fingerprint density at radius 3 is 2.54 bits per heavy atom. The first-order valence-electron chi connectivity index (χ1n) is 8.38. The molecule has 1 aromatic carbocycles. The van der Waals surface area contributed by atoms with Crippen LogP contribution < -0.4 is 5.32 Å². The van der Waals surface area contributed by atoms with E-state index in [1.807, 2.05) is 24.3 Å². The average Bonchev–Trinajstić information content (AvgIpc) is 3.48. The maximum Gasteiger partial charge on any atom is 0.148 e. The minimum absolute atomic E-state index is 0.0547. The van der Waals surface area contributed by atoms with E-state index in [1.165, 1.54) is 18.3 Å². The molecule has 128 valence electrons. The van der Waals surface area contributed by atoms with Crippen LogP contribution in [0.3, 0.4) is 0 Å². The van der Waals surface area contributed by atoms with Crippen molar-refractivity contribution in [1.29, 1.82) is 5.26 Å². The van der Waals surface area contributed by atoms with Crippen LogP contribution in [0, 0.1) is 17.1 Å². The fourth-order valence-corrected chi connectivity index (χ4v) is 3.00. The van der Waals surface area contributed by atoms with Gasteiger partial charge in [-0.2, -0.15) is 5.26 Å². The number of hydrogen-bond donors (Lipinski definition) is 1. The third kappa shape index (κ3) is 3.24. The molecule has 0 spiro atoms. The summed E-state index contributed by atoms with van der Waals surface area (Å²) in [4.78, 5) is 4.04. The summed E-state index contributed by atoms with van der Waals surface area (Å²) in [5.41, 5.74) is 3.11. The number of anilines is 1. The molecule has 1 N–H and O–H groups in total. The Morgan fingerprint density at radius 1 is 1.08 bits per heavy atom. The molecular formula is C20H16FN5. The van der Waals surface area contributed by atoms with Crippen LogP contribution in [0.5, 0.6) is 0 Å². The molecule has 6 heteroatoms. The number of hydrogen-bond acceptors (Lipinski definition) is 5. The molecule has 3 aromatic rings. The quantitative estimate of drug-likeness (QED) is 0.763. The normalized spacial score (nSPS) is 14.5. The van der Waals surface area contributed by atoms with Crippen molar-refractivity contribution >= 4 is 5.82 Å². The molecular weight excluding hydrogens is 329 g/mol. The van der Waals surface area contributed by atoms with E-state index >= 15 is 0 Å². The van der Waals surface area contributed by atoms with Crippen molar-refractivity contribution < 1.29 is 4.39 Å². The molecule has 5 nitrogen and oxygen atoms in total. The first kappa shape index (κ1) is 16.2. The molecule has 2 aromatic heterocycles. The molecule has 0 bridgehead atoms. The molecule has 0 aliphatic heterocycles. The van der Waals surface area contributed by atoms with Crippen LogP contribution in [0.4, 0.5) is 10.2 Å². The van der Waals surface area contributed by atoms with Gasteiger partial charge in [0.05, 0.1) is 11.3 Å². The van der Waals surface area contributed by atoms with Gasteiger partial charge >= 0.3 is 0 Å². The van der Waals surface area contributed by atoms with E-state index < -0.39 is 0 Å².